The van der Waals surface area contributed by atoms with E-state index >= 15 is 0 Å². The number of nitrogens with one attached hydrogen (secondary N) is 1. The molecule has 1 atom stereocenters. The molecule has 0 aromatic carbocycles. The summed E-state index contributed by atoms with van der Waals surface area (Å²) in [5.41, 5.74) is 6.47. The van der Waals surface area contributed by atoms with Crippen molar-refractivity contribution in [2.75, 3.05) is 18.4 Å². The monoisotopic (exact) mass is 263 g/mol. The summed E-state index contributed by atoms with van der Waals surface area (Å²) in [6, 6.07) is 3.06. The van der Waals surface area contributed by atoms with Gasteiger partial charge in [-0.1, -0.05) is 12.2 Å². The predicted molar refractivity (Wildman–Crippen MR) is 74.5 cm³/mol. The average Bonchev–Trinajstić information content (AvgIpc) is 3.11. The van der Waals surface area contributed by atoms with Gasteiger partial charge in [0.1, 0.15) is 4.99 Å². The van der Waals surface area contributed by atoms with Crippen LogP contribution in [-0.4, -0.2) is 45.3 Å². The Labute approximate surface area is 112 Å². The SMILES string of the molecule is NC(=S)c1ccnnc1NC1CCN(C2CC2)C1. The lowest BCUT2D eigenvalue weighted by molar-refractivity contribution is 0.326. The molecule has 5 nitrogen and oxygen atoms in total. The largest absolute Gasteiger partial charge is 0.389 e. The third-order valence-electron chi connectivity index (χ3n) is 3.61. The third kappa shape index (κ3) is 2.44. The van der Waals surface area contributed by atoms with Gasteiger partial charge < -0.3 is 11.1 Å². The van der Waals surface area contributed by atoms with Gasteiger partial charge in [0.15, 0.2) is 5.82 Å². The van der Waals surface area contributed by atoms with Gasteiger partial charge in [-0.2, -0.15) is 5.10 Å². The molecule has 96 valence electrons. The predicted octanol–water partition coefficient (Wildman–Crippen LogP) is 0.759. The van der Waals surface area contributed by atoms with Gasteiger partial charge in [-0.3, -0.25) is 4.90 Å². The highest BCUT2D eigenvalue weighted by molar-refractivity contribution is 7.80. The van der Waals surface area contributed by atoms with E-state index in [-0.39, 0.29) is 0 Å². The molecule has 1 saturated heterocycles. The highest BCUT2D eigenvalue weighted by Gasteiger charge is 2.34. The molecular formula is C12H17N5S. The number of rotatable bonds is 4. The maximum atomic E-state index is 5.69. The summed E-state index contributed by atoms with van der Waals surface area (Å²) in [5.74, 6) is 0.715. The molecule has 0 amide bonds. The first-order valence-corrected chi connectivity index (χ1v) is 6.77. The number of thiocarbonyl (C=S) groups is 1. The Hall–Kier alpha value is -1.27. The molecule has 1 unspecified atom stereocenters. The summed E-state index contributed by atoms with van der Waals surface area (Å²) in [6.45, 7) is 2.25. The molecule has 3 N–H and O–H groups in total. The van der Waals surface area contributed by atoms with Crippen LogP contribution >= 0.6 is 12.2 Å². The number of nitrogens with two attached hydrogens (primary N) is 1. The lowest BCUT2D eigenvalue weighted by Gasteiger charge is -2.17. The van der Waals surface area contributed by atoms with Crippen molar-refractivity contribution in [3.63, 3.8) is 0 Å². The van der Waals surface area contributed by atoms with Crippen LogP contribution in [-0.2, 0) is 0 Å². The fourth-order valence-electron chi connectivity index (χ4n) is 2.51. The maximum Gasteiger partial charge on any atom is 0.159 e. The van der Waals surface area contributed by atoms with Gasteiger partial charge >= 0.3 is 0 Å². The summed E-state index contributed by atoms with van der Waals surface area (Å²) < 4.78 is 0. The van der Waals surface area contributed by atoms with Crippen LogP contribution in [0.1, 0.15) is 24.8 Å². The van der Waals surface area contributed by atoms with E-state index < -0.39 is 0 Å². The first-order chi connectivity index (χ1) is 8.74. The number of nitrogens with zero attached hydrogens (tertiary/aromatic N) is 3. The number of likely N-dealkylation sites (tertiary alicyclic amines) is 1. The Morgan fingerprint density at radius 2 is 2.28 bits per heavy atom. The number of hydrogen-bond donors (Lipinski definition) is 2. The maximum absolute atomic E-state index is 5.69. The van der Waals surface area contributed by atoms with Gasteiger partial charge in [0.05, 0.1) is 11.8 Å². The summed E-state index contributed by atoms with van der Waals surface area (Å²) >= 11 is 5.02. The van der Waals surface area contributed by atoms with E-state index in [9.17, 15) is 0 Å². The van der Waals surface area contributed by atoms with Crippen LogP contribution in [0.15, 0.2) is 12.3 Å². The molecule has 1 aromatic rings. The minimum atomic E-state index is 0.365. The lowest BCUT2D eigenvalue weighted by atomic mass is 10.2. The van der Waals surface area contributed by atoms with Crippen molar-refractivity contribution >= 4 is 23.0 Å². The van der Waals surface area contributed by atoms with Crippen molar-refractivity contribution in [3.8, 4) is 0 Å². The Morgan fingerprint density at radius 3 is 3.00 bits per heavy atom. The second kappa shape index (κ2) is 4.78. The highest BCUT2D eigenvalue weighted by atomic mass is 32.1. The zero-order chi connectivity index (χ0) is 12.5. The van der Waals surface area contributed by atoms with Gasteiger partial charge in [-0.05, 0) is 25.3 Å². The third-order valence-corrected chi connectivity index (χ3v) is 3.83. The van der Waals surface area contributed by atoms with Crippen molar-refractivity contribution in [3.05, 3.63) is 17.8 Å². The molecule has 3 rings (SSSR count). The molecule has 2 heterocycles. The normalized spacial score (nSPS) is 24.1. The van der Waals surface area contributed by atoms with Crippen LogP contribution in [0.5, 0.6) is 0 Å². The number of anilines is 1. The second-order valence-corrected chi connectivity index (χ2v) is 5.45. The van der Waals surface area contributed by atoms with Crippen LogP contribution in [0.2, 0.25) is 0 Å². The molecule has 1 aromatic heterocycles. The van der Waals surface area contributed by atoms with E-state index in [0.29, 0.717) is 16.8 Å². The zero-order valence-electron chi connectivity index (χ0n) is 10.2. The molecule has 0 radical (unpaired) electrons. The van der Waals surface area contributed by atoms with Crippen LogP contribution < -0.4 is 11.1 Å². The second-order valence-electron chi connectivity index (χ2n) is 5.01. The fraction of sp³-hybridized carbons (Fsp3) is 0.583. The first kappa shape index (κ1) is 11.8. The van der Waals surface area contributed by atoms with E-state index in [1.165, 1.54) is 19.4 Å². The van der Waals surface area contributed by atoms with Crippen LogP contribution in [0.25, 0.3) is 0 Å². The Balaban J connectivity index is 1.67. The van der Waals surface area contributed by atoms with Gasteiger partial charge in [-0.25, -0.2) is 0 Å². The van der Waals surface area contributed by atoms with E-state index in [1.54, 1.807) is 6.20 Å². The highest BCUT2D eigenvalue weighted by Crippen LogP contribution is 2.30. The quantitative estimate of drug-likeness (QED) is 0.782. The Bertz CT molecular complexity index is 460. The van der Waals surface area contributed by atoms with E-state index in [2.05, 4.69) is 20.4 Å². The molecule has 1 aliphatic carbocycles. The summed E-state index contributed by atoms with van der Waals surface area (Å²) in [7, 11) is 0. The summed E-state index contributed by atoms with van der Waals surface area (Å²) in [5, 5.41) is 11.4. The lowest BCUT2D eigenvalue weighted by Crippen LogP contribution is -2.29. The zero-order valence-corrected chi connectivity index (χ0v) is 11.0. The van der Waals surface area contributed by atoms with Crippen molar-refractivity contribution in [1.29, 1.82) is 0 Å². The molecule has 2 aliphatic rings. The molecule has 6 heteroatoms. The number of aromatic nitrogens is 2. The van der Waals surface area contributed by atoms with Gasteiger partial charge in [0.2, 0.25) is 0 Å². The summed E-state index contributed by atoms with van der Waals surface area (Å²) in [6.07, 6.45) is 5.47. The fourth-order valence-corrected chi connectivity index (χ4v) is 2.67. The van der Waals surface area contributed by atoms with Crippen molar-refractivity contribution in [2.24, 2.45) is 5.73 Å². The van der Waals surface area contributed by atoms with Gasteiger partial charge in [-0.15, -0.1) is 5.10 Å². The van der Waals surface area contributed by atoms with Crippen LogP contribution in [0.4, 0.5) is 5.82 Å². The van der Waals surface area contributed by atoms with Crippen molar-refractivity contribution in [2.45, 2.75) is 31.3 Å². The molecule has 0 spiro atoms. The minimum absolute atomic E-state index is 0.365. The van der Waals surface area contributed by atoms with Gasteiger partial charge in [0, 0.05) is 25.2 Å². The molecule has 2 fully saturated rings. The van der Waals surface area contributed by atoms with Crippen molar-refractivity contribution in [1.82, 2.24) is 15.1 Å². The van der Waals surface area contributed by atoms with Crippen LogP contribution in [0.3, 0.4) is 0 Å². The van der Waals surface area contributed by atoms with E-state index in [0.717, 1.165) is 24.6 Å². The molecule has 1 saturated carbocycles. The molecule has 18 heavy (non-hydrogen) atoms. The number of hydrogen-bond acceptors (Lipinski definition) is 5. The molecular weight excluding hydrogens is 246 g/mol. The first-order valence-electron chi connectivity index (χ1n) is 6.36. The summed E-state index contributed by atoms with van der Waals surface area (Å²) in [4.78, 5) is 2.92. The Kier molecular flexibility index (Phi) is 3.13. The van der Waals surface area contributed by atoms with Crippen LogP contribution in [0, 0.1) is 0 Å². The van der Waals surface area contributed by atoms with Gasteiger partial charge in [0.25, 0.3) is 0 Å². The minimum Gasteiger partial charge on any atom is -0.389 e. The Morgan fingerprint density at radius 1 is 1.44 bits per heavy atom. The van der Waals surface area contributed by atoms with Crippen molar-refractivity contribution < 1.29 is 0 Å². The molecule has 1 aliphatic heterocycles. The standard InChI is InChI=1S/C12H17N5S/c13-11(18)10-3-5-14-16-12(10)15-8-4-6-17(7-8)9-1-2-9/h3,5,8-9H,1-2,4,6-7H2,(H2,13,18)(H,15,16). The smallest absolute Gasteiger partial charge is 0.159 e. The topological polar surface area (TPSA) is 67.1 Å². The van der Waals surface area contributed by atoms with E-state index in [1.807, 2.05) is 6.07 Å². The molecule has 0 bridgehead atoms. The van der Waals surface area contributed by atoms with E-state index in [4.69, 9.17) is 18.0 Å². The average molecular weight is 263 g/mol.